The Balaban J connectivity index is 3.30. The molecule has 18 heavy (non-hydrogen) atoms. The van der Waals surface area contributed by atoms with Crippen LogP contribution in [0.25, 0.3) is 0 Å². The lowest BCUT2D eigenvalue weighted by molar-refractivity contribution is -0.0436. The van der Waals surface area contributed by atoms with Gasteiger partial charge in [-0.05, 0) is 24.6 Å². The summed E-state index contributed by atoms with van der Waals surface area (Å²) in [6.07, 6.45) is 1.26. The zero-order valence-electron chi connectivity index (χ0n) is 9.10. The molecule has 1 rings (SSSR count). The molecular formula is C10H8F3NO3S. The first-order valence-electron chi connectivity index (χ1n) is 4.68. The van der Waals surface area contributed by atoms with Crippen molar-refractivity contribution in [3.05, 3.63) is 29.8 Å². The van der Waals surface area contributed by atoms with Gasteiger partial charge in [0.25, 0.3) is 9.84 Å². The van der Waals surface area contributed by atoms with Crippen molar-refractivity contribution in [1.82, 2.24) is 0 Å². The van der Waals surface area contributed by atoms with Crippen LogP contribution in [0.1, 0.15) is 18.5 Å². The molecule has 1 aromatic rings. The number of rotatable bonds is 3. The standard InChI is InChI=1S/C10H8F3NO3S/c1-7(14-6-15)8-3-2-4-9(5-8)18(16,17)10(11,12)13/h2-5,7H,1H3. The Morgan fingerprint density at radius 1 is 1.33 bits per heavy atom. The van der Waals surface area contributed by atoms with E-state index < -0.39 is 26.3 Å². The average molecular weight is 279 g/mol. The van der Waals surface area contributed by atoms with Gasteiger partial charge in [-0.2, -0.15) is 18.2 Å². The minimum absolute atomic E-state index is 0.184. The van der Waals surface area contributed by atoms with Crippen LogP contribution in [0.3, 0.4) is 0 Å². The maximum absolute atomic E-state index is 12.3. The Hall–Kier alpha value is -1.66. The van der Waals surface area contributed by atoms with Crippen molar-refractivity contribution in [3.63, 3.8) is 0 Å². The van der Waals surface area contributed by atoms with E-state index >= 15 is 0 Å². The second-order valence-electron chi connectivity index (χ2n) is 3.42. The molecule has 0 bridgehead atoms. The molecule has 4 nitrogen and oxygen atoms in total. The van der Waals surface area contributed by atoms with Crippen molar-refractivity contribution >= 4 is 15.9 Å². The first kappa shape index (κ1) is 14.4. The van der Waals surface area contributed by atoms with Gasteiger partial charge in [-0.15, -0.1) is 0 Å². The highest BCUT2D eigenvalue weighted by Crippen LogP contribution is 2.31. The SMILES string of the molecule is CC(N=C=O)c1cccc(S(=O)(=O)C(F)(F)F)c1. The lowest BCUT2D eigenvalue weighted by atomic mass is 10.1. The first-order chi connectivity index (χ1) is 8.20. The van der Waals surface area contributed by atoms with Crippen LogP contribution in [0.4, 0.5) is 13.2 Å². The molecule has 1 aromatic carbocycles. The van der Waals surface area contributed by atoms with Crippen molar-refractivity contribution in [2.45, 2.75) is 23.4 Å². The number of nitrogens with zero attached hydrogens (tertiary/aromatic N) is 1. The zero-order valence-corrected chi connectivity index (χ0v) is 9.92. The molecule has 0 aliphatic heterocycles. The molecule has 0 radical (unpaired) electrons. The zero-order chi connectivity index (χ0) is 14.0. The number of halogens is 3. The molecular weight excluding hydrogens is 271 g/mol. The first-order valence-corrected chi connectivity index (χ1v) is 6.17. The molecule has 98 valence electrons. The second kappa shape index (κ2) is 4.91. The highest BCUT2D eigenvalue weighted by molar-refractivity contribution is 7.92. The van der Waals surface area contributed by atoms with Crippen LogP contribution in [-0.2, 0) is 14.6 Å². The largest absolute Gasteiger partial charge is 0.501 e. The van der Waals surface area contributed by atoms with Crippen LogP contribution in [0.5, 0.6) is 0 Å². The van der Waals surface area contributed by atoms with Gasteiger partial charge >= 0.3 is 5.51 Å². The van der Waals surface area contributed by atoms with Crippen LogP contribution >= 0.6 is 0 Å². The summed E-state index contributed by atoms with van der Waals surface area (Å²) >= 11 is 0. The molecule has 0 aliphatic carbocycles. The maximum atomic E-state index is 12.3. The number of hydrogen-bond acceptors (Lipinski definition) is 4. The molecule has 0 heterocycles. The highest BCUT2D eigenvalue weighted by atomic mass is 32.2. The van der Waals surface area contributed by atoms with Crippen molar-refractivity contribution in [2.75, 3.05) is 0 Å². The fourth-order valence-electron chi connectivity index (χ4n) is 1.23. The quantitative estimate of drug-likeness (QED) is 0.630. The monoisotopic (exact) mass is 279 g/mol. The average Bonchev–Trinajstić information content (AvgIpc) is 2.28. The maximum Gasteiger partial charge on any atom is 0.501 e. The molecule has 1 unspecified atom stereocenters. The Kier molecular flexibility index (Phi) is 3.93. The Bertz CT molecular complexity index is 589. The third-order valence-corrected chi connectivity index (χ3v) is 3.69. The van der Waals surface area contributed by atoms with Gasteiger partial charge in [0.1, 0.15) is 0 Å². The summed E-state index contributed by atoms with van der Waals surface area (Å²) in [6, 6.07) is 3.45. The van der Waals surface area contributed by atoms with E-state index in [1.165, 1.54) is 19.1 Å². The normalized spacial score (nSPS) is 13.8. The van der Waals surface area contributed by atoms with Gasteiger partial charge in [-0.1, -0.05) is 12.1 Å². The van der Waals surface area contributed by atoms with Gasteiger partial charge in [0.15, 0.2) is 0 Å². The summed E-state index contributed by atoms with van der Waals surface area (Å²) in [7, 11) is -5.39. The van der Waals surface area contributed by atoms with Gasteiger partial charge < -0.3 is 0 Å². The molecule has 0 aliphatic rings. The minimum Gasteiger partial charge on any atom is -0.214 e. The molecule has 0 saturated heterocycles. The van der Waals surface area contributed by atoms with E-state index in [-0.39, 0.29) is 5.56 Å². The topological polar surface area (TPSA) is 63.6 Å². The summed E-state index contributed by atoms with van der Waals surface area (Å²) in [5.74, 6) is 0. The molecule has 0 fully saturated rings. The van der Waals surface area contributed by atoms with Gasteiger partial charge in [0, 0.05) is 0 Å². The minimum atomic E-state index is -5.39. The number of sulfone groups is 1. The third kappa shape index (κ3) is 2.77. The van der Waals surface area contributed by atoms with E-state index in [9.17, 15) is 26.4 Å². The number of isocyanates is 1. The molecule has 0 saturated carbocycles. The number of benzene rings is 1. The molecule has 0 aromatic heterocycles. The Labute approximate surface area is 101 Å². The van der Waals surface area contributed by atoms with Gasteiger partial charge in [0.2, 0.25) is 6.08 Å². The van der Waals surface area contributed by atoms with E-state index in [0.717, 1.165) is 18.2 Å². The highest BCUT2D eigenvalue weighted by Gasteiger charge is 2.46. The van der Waals surface area contributed by atoms with Crippen LogP contribution in [0, 0.1) is 0 Å². The number of carbonyl (C=O) groups excluding carboxylic acids is 1. The van der Waals surface area contributed by atoms with E-state index in [0.29, 0.717) is 0 Å². The molecule has 0 spiro atoms. The Morgan fingerprint density at radius 2 is 1.94 bits per heavy atom. The molecule has 1 atom stereocenters. The van der Waals surface area contributed by atoms with Crippen LogP contribution < -0.4 is 0 Å². The van der Waals surface area contributed by atoms with E-state index in [1.807, 2.05) is 0 Å². The molecule has 0 N–H and O–H groups in total. The molecule has 8 heteroatoms. The fraction of sp³-hybridized carbons (Fsp3) is 0.300. The summed E-state index contributed by atoms with van der Waals surface area (Å²) in [5.41, 5.74) is -5.17. The smallest absolute Gasteiger partial charge is 0.214 e. The van der Waals surface area contributed by atoms with Crippen LogP contribution in [-0.4, -0.2) is 20.0 Å². The second-order valence-corrected chi connectivity index (χ2v) is 5.36. The van der Waals surface area contributed by atoms with E-state index in [4.69, 9.17) is 0 Å². The van der Waals surface area contributed by atoms with E-state index in [2.05, 4.69) is 4.99 Å². The van der Waals surface area contributed by atoms with Gasteiger partial charge in [-0.25, -0.2) is 13.2 Å². The number of alkyl halides is 3. The van der Waals surface area contributed by atoms with Crippen LogP contribution in [0.2, 0.25) is 0 Å². The summed E-state index contributed by atoms with van der Waals surface area (Å²) in [4.78, 5) is 12.5. The van der Waals surface area contributed by atoms with Crippen molar-refractivity contribution in [2.24, 2.45) is 4.99 Å². The van der Waals surface area contributed by atoms with Gasteiger partial charge in [-0.3, -0.25) is 0 Å². The van der Waals surface area contributed by atoms with E-state index in [1.54, 1.807) is 0 Å². The van der Waals surface area contributed by atoms with Crippen molar-refractivity contribution < 1.29 is 26.4 Å². The lowest BCUT2D eigenvalue weighted by Crippen LogP contribution is -2.23. The molecule has 0 amide bonds. The lowest BCUT2D eigenvalue weighted by Gasteiger charge is -2.10. The summed E-state index contributed by atoms with van der Waals surface area (Å²) < 4.78 is 59.3. The van der Waals surface area contributed by atoms with Crippen LogP contribution in [0.15, 0.2) is 34.2 Å². The predicted molar refractivity (Wildman–Crippen MR) is 56.2 cm³/mol. The Morgan fingerprint density at radius 3 is 2.44 bits per heavy atom. The predicted octanol–water partition coefficient (Wildman–Crippen LogP) is 2.38. The summed E-state index contributed by atoms with van der Waals surface area (Å²) in [5, 5.41) is 0. The number of hydrogen-bond donors (Lipinski definition) is 0. The third-order valence-electron chi connectivity index (χ3n) is 2.20. The van der Waals surface area contributed by atoms with Gasteiger partial charge in [0.05, 0.1) is 10.9 Å². The van der Waals surface area contributed by atoms with Crippen molar-refractivity contribution in [3.8, 4) is 0 Å². The number of aliphatic imine (C=N–C) groups is 1. The van der Waals surface area contributed by atoms with Crippen molar-refractivity contribution in [1.29, 1.82) is 0 Å². The summed E-state index contributed by atoms with van der Waals surface area (Å²) in [6.45, 7) is 1.43. The fourth-order valence-corrected chi connectivity index (χ4v) is 2.05.